The van der Waals surface area contributed by atoms with Gasteiger partial charge in [0.2, 0.25) is 5.95 Å². The highest BCUT2D eigenvalue weighted by Gasteiger charge is 2.01. The molecular weight excluding hydrogens is 220 g/mol. The minimum Gasteiger partial charge on any atom is -0.383 e. The number of anilines is 1. The Kier molecular flexibility index (Phi) is 4.09. The fourth-order valence-electron chi connectivity index (χ4n) is 1.48. The lowest BCUT2D eigenvalue weighted by atomic mass is 10.6. The van der Waals surface area contributed by atoms with Gasteiger partial charge in [0, 0.05) is 38.8 Å². The number of nitrogens with zero attached hydrogens (tertiary/aromatic N) is 5. The molecule has 1 N–H and O–H groups in total. The Morgan fingerprint density at radius 2 is 2.24 bits per heavy atom. The van der Waals surface area contributed by atoms with Crippen LogP contribution >= 0.6 is 0 Å². The van der Waals surface area contributed by atoms with E-state index in [0.717, 1.165) is 25.6 Å². The number of hydrogen-bond donors (Lipinski definition) is 1. The van der Waals surface area contributed by atoms with Gasteiger partial charge in [-0.2, -0.15) is 0 Å². The van der Waals surface area contributed by atoms with Crippen LogP contribution in [-0.4, -0.2) is 44.8 Å². The quantitative estimate of drug-likeness (QED) is 0.745. The molecule has 2 rings (SSSR count). The van der Waals surface area contributed by atoms with Crippen LogP contribution in [0.1, 0.15) is 0 Å². The van der Waals surface area contributed by atoms with Crippen LogP contribution < -0.4 is 5.32 Å². The molecule has 0 saturated heterocycles. The molecule has 0 unspecified atom stereocenters. The molecule has 0 bridgehead atoms. The maximum absolute atomic E-state index is 5.03. The van der Waals surface area contributed by atoms with Gasteiger partial charge in [-0.25, -0.2) is 4.98 Å². The highest BCUT2D eigenvalue weighted by molar-refractivity contribution is 5.25. The Bertz CT molecular complexity index is 424. The maximum Gasteiger partial charge on any atom is 0.202 e. The van der Waals surface area contributed by atoms with Gasteiger partial charge in [0.05, 0.1) is 19.3 Å². The van der Waals surface area contributed by atoms with Crippen molar-refractivity contribution < 1.29 is 4.74 Å². The van der Waals surface area contributed by atoms with E-state index in [1.165, 1.54) is 0 Å². The third kappa shape index (κ3) is 3.28. The van der Waals surface area contributed by atoms with Crippen LogP contribution in [0.15, 0.2) is 24.8 Å². The largest absolute Gasteiger partial charge is 0.383 e. The van der Waals surface area contributed by atoms with E-state index in [4.69, 9.17) is 4.74 Å². The molecule has 0 spiro atoms. The molecule has 0 atom stereocenters. The SMILES string of the molecule is COCCn1ccnc1NCCn1ccnn1. The zero-order chi connectivity index (χ0) is 11.9. The Hall–Kier alpha value is -1.89. The molecule has 0 aliphatic carbocycles. The van der Waals surface area contributed by atoms with Crippen molar-refractivity contribution in [3.05, 3.63) is 24.8 Å². The molecule has 0 radical (unpaired) electrons. The van der Waals surface area contributed by atoms with E-state index in [9.17, 15) is 0 Å². The predicted octanol–water partition coefficient (Wildman–Crippen LogP) is 0.233. The molecule has 7 nitrogen and oxygen atoms in total. The average molecular weight is 236 g/mol. The molecule has 2 aromatic rings. The van der Waals surface area contributed by atoms with Gasteiger partial charge in [-0.3, -0.25) is 4.68 Å². The van der Waals surface area contributed by atoms with Gasteiger partial charge in [-0.15, -0.1) is 5.10 Å². The summed E-state index contributed by atoms with van der Waals surface area (Å²) in [5, 5.41) is 10.9. The minimum absolute atomic E-state index is 0.675. The molecule has 7 heteroatoms. The molecule has 0 aromatic carbocycles. The fraction of sp³-hybridized carbons (Fsp3) is 0.500. The first-order valence-corrected chi connectivity index (χ1v) is 5.48. The lowest BCUT2D eigenvalue weighted by Gasteiger charge is -2.09. The smallest absolute Gasteiger partial charge is 0.202 e. The minimum atomic E-state index is 0.675. The summed E-state index contributed by atoms with van der Waals surface area (Å²) in [6.45, 7) is 2.99. The normalized spacial score (nSPS) is 10.6. The van der Waals surface area contributed by atoms with Gasteiger partial charge in [0.15, 0.2) is 0 Å². The van der Waals surface area contributed by atoms with E-state index in [1.807, 2.05) is 17.0 Å². The lowest BCUT2D eigenvalue weighted by Crippen LogP contribution is -2.15. The summed E-state index contributed by atoms with van der Waals surface area (Å²) in [5.41, 5.74) is 0. The molecule has 2 heterocycles. The standard InChI is InChI=1S/C10H16N6O/c1-17-9-8-15-5-2-11-10(15)12-3-6-16-7-4-13-14-16/h2,4-5,7H,3,6,8-9H2,1H3,(H,11,12). The zero-order valence-corrected chi connectivity index (χ0v) is 9.78. The molecule has 17 heavy (non-hydrogen) atoms. The number of aromatic nitrogens is 5. The third-order valence-electron chi connectivity index (χ3n) is 2.35. The van der Waals surface area contributed by atoms with Crippen LogP contribution in [0.3, 0.4) is 0 Å². The van der Waals surface area contributed by atoms with Crippen molar-refractivity contribution in [3.8, 4) is 0 Å². The van der Waals surface area contributed by atoms with E-state index in [1.54, 1.807) is 24.2 Å². The first kappa shape index (κ1) is 11.6. The molecule has 0 saturated carbocycles. The second-order valence-corrected chi connectivity index (χ2v) is 3.53. The van der Waals surface area contributed by atoms with Crippen molar-refractivity contribution >= 4 is 5.95 Å². The molecular formula is C10H16N6O. The zero-order valence-electron chi connectivity index (χ0n) is 9.78. The first-order valence-electron chi connectivity index (χ1n) is 5.48. The Morgan fingerprint density at radius 1 is 1.29 bits per heavy atom. The Morgan fingerprint density at radius 3 is 3.00 bits per heavy atom. The predicted molar refractivity (Wildman–Crippen MR) is 62.6 cm³/mol. The van der Waals surface area contributed by atoms with Crippen LogP contribution in [0.5, 0.6) is 0 Å². The van der Waals surface area contributed by atoms with E-state index in [0.29, 0.717) is 6.61 Å². The van der Waals surface area contributed by atoms with Gasteiger partial charge in [-0.05, 0) is 0 Å². The van der Waals surface area contributed by atoms with Crippen LogP contribution in [0.4, 0.5) is 5.95 Å². The number of rotatable bonds is 7. The van der Waals surface area contributed by atoms with Crippen molar-refractivity contribution in [2.75, 3.05) is 25.6 Å². The van der Waals surface area contributed by atoms with Gasteiger partial charge >= 0.3 is 0 Å². The second kappa shape index (κ2) is 6.00. The van der Waals surface area contributed by atoms with E-state index in [-0.39, 0.29) is 0 Å². The molecule has 0 fully saturated rings. The van der Waals surface area contributed by atoms with Crippen LogP contribution in [0.25, 0.3) is 0 Å². The summed E-state index contributed by atoms with van der Waals surface area (Å²) < 4.78 is 8.83. The van der Waals surface area contributed by atoms with Crippen molar-refractivity contribution in [1.82, 2.24) is 24.5 Å². The highest BCUT2D eigenvalue weighted by atomic mass is 16.5. The summed E-state index contributed by atoms with van der Waals surface area (Å²) in [5.74, 6) is 0.849. The van der Waals surface area contributed by atoms with Gasteiger partial charge < -0.3 is 14.6 Å². The second-order valence-electron chi connectivity index (χ2n) is 3.53. The van der Waals surface area contributed by atoms with Crippen LogP contribution in [0, 0.1) is 0 Å². The Labute approximate surface area is 99.4 Å². The fourth-order valence-corrected chi connectivity index (χ4v) is 1.48. The van der Waals surface area contributed by atoms with Gasteiger partial charge in [-0.1, -0.05) is 5.21 Å². The summed E-state index contributed by atoms with van der Waals surface area (Å²) in [6, 6.07) is 0. The lowest BCUT2D eigenvalue weighted by molar-refractivity contribution is 0.187. The third-order valence-corrected chi connectivity index (χ3v) is 2.35. The summed E-state index contributed by atoms with van der Waals surface area (Å²) >= 11 is 0. The number of imidazole rings is 1. The van der Waals surface area contributed by atoms with Crippen LogP contribution in [-0.2, 0) is 17.8 Å². The summed E-state index contributed by atoms with van der Waals surface area (Å²) in [6.07, 6.45) is 7.20. The Balaban J connectivity index is 1.80. The monoisotopic (exact) mass is 236 g/mol. The molecule has 0 aliphatic heterocycles. The molecule has 2 aromatic heterocycles. The van der Waals surface area contributed by atoms with Crippen molar-refractivity contribution in [2.24, 2.45) is 0 Å². The molecule has 0 aliphatic rings. The first-order chi connectivity index (χ1) is 8.40. The van der Waals surface area contributed by atoms with E-state index in [2.05, 4.69) is 20.6 Å². The topological polar surface area (TPSA) is 69.8 Å². The number of nitrogens with one attached hydrogen (secondary N) is 1. The maximum atomic E-state index is 5.03. The molecule has 92 valence electrons. The van der Waals surface area contributed by atoms with E-state index < -0.39 is 0 Å². The van der Waals surface area contributed by atoms with Gasteiger partial charge in [0.1, 0.15) is 0 Å². The van der Waals surface area contributed by atoms with Crippen molar-refractivity contribution in [3.63, 3.8) is 0 Å². The highest BCUT2D eigenvalue weighted by Crippen LogP contribution is 2.03. The summed E-state index contributed by atoms with van der Waals surface area (Å²) in [4.78, 5) is 4.24. The number of hydrogen-bond acceptors (Lipinski definition) is 5. The van der Waals surface area contributed by atoms with Crippen LogP contribution in [0.2, 0.25) is 0 Å². The number of ether oxygens (including phenoxy) is 1. The average Bonchev–Trinajstić information content (AvgIpc) is 2.98. The number of methoxy groups -OCH3 is 1. The van der Waals surface area contributed by atoms with Crippen molar-refractivity contribution in [1.29, 1.82) is 0 Å². The van der Waals surface area contributed by atoms with Crippen molar-refractivity contribution in [2.45, 2.75) is 13.1 Å². The van der Waals surface area contributed by atoms with E-state index >= 15 is 0 Å². The van der Waals surface area contributed by atoms with Gasteiger partial charge in [0.25, 0.3) is 0 Å². The summed E-state index contributed by atoms with van der Waals surface area (Å²) in [7, 11) is 1.69. The molecule has 0 amide bonds.